The van der Waals surface area contributed by atoms with Gasteiger partial charge in [0, 0.05) is 18.7 Å². The van der Waals surface area contributed by atoms with Gasteiger partial charge < -0.3 is 18.5 Å². The quantitative estimate of drug-likeness (QED) is 0.630. The number of oxazole rings is 1. The van der Waals surface area contributed by atoms with Crippen LogP contribution in [0.2, 0.25) is 0 Å². The maximum atomic E-state index is 12.3. The van der Waals surface area contributed by atoms with E-state index in [1.165, 1.54) is 6.26 Å². The number of piperidine rings is 1. The molecule has 7 heteroatoms. The minimum atomic E-state index is -0.287. The number of esters is 1. The van der Waals surface area contributed by atoms with Crippen LogP contribution in [0, 0.1) is 5.92 Å². The van der Waals surface area contributed by atoms with Gasteiger partial charge in [0.1, 0.15) is 0 Å². The fraction of sp³-hybridized carbons (Fsp3) is 0.286. The standard InChI is InChI=1S/C21H20N2O5/c24-20(17-7-4-12-26-17)23-10-8-16(9-11-23)21(25)27-14-19-22-13-18(28-19)15-5-2-1-3-6-15/h1-7,12-13,16H,8-11,14H2. The van der Waals surface area contributed by atoms with Gasteiger partial charge in [0.05, 0.1) is 18.4 Å². The van der Waals surface area contributed by atoms with Crippen LogP contribution in [0.15, 0.2) is 63.8 Å². The van der Waals surface area contributed by atoms with Crippen LogP contribution in [-0.2, 0) is 16.1 Å². The summed E-state index contributed by atoms with van der Waals surface area (Å²) in [6, 6.07) is 12.9. The van der Waals surface area contributed by atoms with Gasteiger partial charge >= 0.3 is 5.97 Å². The summed E-state index contributed by atoms with van der Waals surface area (Å²) in [5.74, 6) is 0.645. The highest BCUT2D eigenvalue weighted by atomic mass is 16.5. The molecule has 1 aromatic carbocycles. The van der Waals surface area contributed by atoms with E-state index in [-0.39, 0.29) is 24.4 Å². The molecule has 2 aromatic heterocycles. The molecule has 4 rings (SSSR count). The number of likely N-dealkylation sites (tertiary alicyclic amines) is 1. The number of furan rings is 1. The van der Waals surface area contributed by atoms with E-state index in [1.54, 1.807) is 23.2 Å². The predicted octanol–water partition coefficient (Wildman–Crippen LogP) is 3.53. The topological polar surface area (TPSA) is 85.8 Å². The van der Waals surface area contributed by atoms with Crippen molar-refractivity contribution in [1.29, 1.82) is 0 Å². The number of carbonyl (C=O) groups is 2. The van der Waals surface area contributed by atoms with E-state index in [1.807, 2.05) is 30.3 Å². The van der Waals surface area contributed by atoms with Crippen molar-refractivity contribution in [3.63, 3.8) is 0 Å². The molecular weight excluding hydrogens is 360 g/mol. The van der Waals surface area contributed by atoms with Gasteiger partial charge in [-0.3, -0.25) is 9.59 Å². The number of benzene rings is 1. The van der Waals surface area contributed by atoms with Crippen molar-refractivity contribution in [3.05, 3.63) is 66.6 Å². The molecule has 1 fully saturated rings. The van der Waals surface area contributed by atoms with Crippen molar-refractivity contribution >= 4 is 11.9 Å². The highest BCUT2D eigenvalue weighted by Crippen LogP contribution is 2.23. The second-order valence-electron chi connectivity index (χ2n) is 6.64. The Hall–Kier alpha value is -3.35. The summed E-state index contributed by atoms with van der Waals surface area (Å²) >= 11 is 0. The van der Waals surface area contributed by atoms with Gasteiger partial charge in [-0.25, -0.2) is 4.98 Å². The first-order valence-corrected chi connectivity index (χ1v) is 9.20. The largest absolute Gasteiger partial charge is 0.459 e. The average molecular weight is 380 g/mol. The Morgan fingerprint density at radius 1 is 1.11 bits per heavy atom. The fourth-order valence-corrected chi connectivity index (χ4v) is 3.24. The fourth-order valence-electron chi connectivity index (χ4n) is 3.24. The monoisotopic (exact) mass is 380 g/mol. The maximum absolute atomic E-state index is 12.3. The van der Waals surface area contributed by atoms with Crippen molar-refractivity contribution in [2.45, 2.75) is 19.4 Å². The molecule has 3 aromatic rings. The third-order valence-corrected chi connectivity index (χ3v) is 4.80. The van der Waals surface area contributed by atoms with E-state index in [0.29, 0.717) is 43.3 Å². The van der Waals surface area contributed by atoms with E-state index in [9.17, 15) is 9.59 Å². The smallest absolute Gasteiger partial charge is 0.309 e. The zero-order valence-electron chi connectivity index (χ0n) is 15.2. The molecule has 1 aliphatic rings. The van der Waals surface area contributed by atoms with Gasteiger partial charge in [0.2, 0.25) is 5.89 Å². The average Bonchev–Trinajstić information content (AvgIpc) is 3.44. The molecule has 144 valence electrons. The third-order valence-electron chi connectivity index (χ3n) is 4.80. The molecule has 28 heavy (non-hydrogen) atoms. The highest BCUT2D eigenvalue weighted by Gasteiger charge is 2.29. The first-order valence-electron chi connectivity index (χ1n) is 9.20. The van der Waals surface area contributed by atoms with Gasteiger partial charge in [-0.15, -0.1) is 0 Å². The molecule has 0 aliphatic carbocycles. The maximum Gasteiger partial charge on any atom is 0.309 e. The van der Waals surface area contributed by atoms with Gasteiger partial charge in [-0.1, -0.05) is 30.3 Å². The molecule has 0 saturated carbocycles. The molecule has 0 atom stereocenters. The van der Waals surface area contributed by atoms with Crippen LogP contribution in [-0.4, -0.2) is 34.8 Å². The summed E-state index contributed by atoms with van der Waals surface area (Å²) in [6.07, 6.45) is 4.22. The molecule has 7 nitrogen and oxygen atoms in total. The predicted molar refractivity (Wildman–Crippen MR) is 99.1 cm³/mol. The van der Waals surface area contributed by atoms with E-state index >= 15 is 0 Å². The van der Waals surface area contributed by atoms with Crippen LogP contribution in [0.4, 0.5) is 0 Å². The molecular formula is C21H20N2O5. The molecule has 1 amide bonds. The Morgan fingerprint density at radius 3 is 2.61 bits per heavy atom. The molecule has 0 radical (unpaired) electrons. The first-order chi connectivity index (χ1) is 13.7. The number of amides is 1. The first kappa shape index (κ1) is 18.0. The summed E-state index contributed by atoms with van der Waals surface area (Å²) in [6.45, 7) is 0.990. The number of nitrogens with zero attached hydrogens (tertiary/aromatic N) is 2. The van der Waals surface area contributed by atoms with Crippen molar-refractivity contribution < 1.29 is 23.2 Å². The van der Waals surface area contributed by atoms with Crippen LogP contribution >= 0.6 is 0 Å². The number of ether oxygens (including phenoxy) is 1. The Kier molecular flexibility index (Phi) is 5.23. The molecule has 3 heterocycles. The molecule has 1 saturated heterocycles. The van der Waals surface area contributed by atoms with Crippen LogP contribution in [0.5, 0.6) is 0 Å². The molecule has 0 N–H and O–H groups in total. The van der Waals surface area contributed by atoms with Crippen molar-refractivity contribution in [2.24, 2.45) is 5.92 Å². The number of rotatable bonds is 5. The van der Waals surface area contributed by atoms with Gasteiger partial charge in [-0.05, 0) is 25.0 Å². The second kappa shape index (κ2) is 8.12. The Morgan fingerprint density at radius 2 is 1.89 bits per heavy atom. The zero-order valence-corrected chi connectivity index (χ0v) is 15.2. The van der Waals surface area contributed by atoms with Crippen LogP contribution in [0.3, 0.4) is 0 Å². The van der Waals surface area contributed by atoms with E-state index in [4.69, 9.17) is 13.6 Å². The summed E-state index contributed by atoms with van der Waals surface area (Å²) in [5.41, 5.74) is 0.918. The number of hydrogen-bond acceptors (Lipinski definition) is 6. The molecule has 1 aliphatic heterocycles. The van der Waals surface area contributed by atoms with Crippen molar-refractivity contribution in [2.75, 3.05) is 13.1 Å². The summed E-state index contributed by atoms with van der Waals surface area (Å²) in [5, 5.41) is 0. The number of hydrogen-bond donors (Lipinski definition) is 0. The van der Waals surface area contributed by atoms with Crippen LogP contribution in [0.25, 0.3) is 11.3 Å². The lowest BCUT2D eigenvalue weighted by atomic mass is 9.97. The third kappa shape index (κ3) is 3.98. The summed E-state index contributed by atoms with van der Waals surface area (Å²) < 4.78 is 16.2. The summed E-state index contributed by atoms with van der Waals surface area (Å²) in [7, 11) is 0. The minimum Gasteiger partial charge on any atom is -0.459 e. The minimum absolute atomic E-state index is 0.00277. The SMILES string of the molecule is O=C(OCc1ncc(-c2ccccc2)o1)C1CCN(C(=O)c2ccco2)CC1. The molecule has 0 spiro atoms. The number of aromatic nitrogens is 1. The van der Waals surface area contributed by atoms with Crippen molar-refractivity contribution in [1.82, 2.24) is 9.88 Å². The zero-order chi connectivity index (χ0) is 19.3. The van der Waals surface area contributed by atoms with Crippen LogP contribution in [0.1, 0.15) is 29.3 Å². The lowest BCUT2D eigenvalue weighted by Gasteiger charge is -2.30. The van der Waals surface area contributed by atoms with Gasteiger partial charge in [0.15, 0.2) is 18.1 Å². The second-order valence-corrected chi connectivity index (χ2v) is 6.64. The van der Waals surface area contributed by atoms with E-state index in [0.717, 1.165) is 5.56 Å². The Labute approximate surface area is 161 Å². The number of carbonyl (C=O) groups excluding carboxylic acids is 2. The lowest BCUT2D eigenvalue weighted by molar-refractivity contribution is -0.152. The molecule has 0 unspecified atom stereocenters. The molecule has 0 bridgehead atoms. The van der Waals surface area contributed by atoms with Crippen LogP contribution < -0.4 is 0 Å². The van der Waals surface area contributed by atoms with E-state index in [2.05, 4.69) is 4.98 Å². The lowest BCUT2D eigenvalue weighted by Crippen LogP contribution is -2.40. The Balaban J connectivity index is 1.26. The highest BCUT2D eigenvalue weighted by molar-refractivity contribution is 5.91. The van der Waals surface area contributed by atoms with E-state index < -0.39 is 0 Å². The van der Waals surface area contributed by atoms with Gasteiger partial charge in [-0.2, -0.15) is 0 Å². The Bertz CT molecular complexity index is 925. The summed E-state index contributed by atoms with van der Waals surface area (Å²) in [4.78, 5) is 30.5. The van der Waals surface area contributed by atoms with Crippen molar-refractivity contribution in [3.8, 4) is 11.3 Å². The normalized spacial score (nSPS) is 14.8. The van der Waals surface area contributed by atoms with Gasteiger partial charge in [0.25, 0.3) is 5.91 Å².